The van der Waals surface area contributed by atoms with E-state index in [1.165, 1.54) is 0 Å². The lowest BCUT2D eigenvalue weighted by Gasteiger charge is -2.33. The lowest BCUT2D eigenvalue weighted by Crippen LogP contribution is -2.37. The topological polar surface area (TPSA) is 29.1 Å². The standard InChI is InChI=1S/C18H37NO/c1-14(2)10-18(8,9)13-19-15(20)11-17(6,7)12-16(3,4)5/h14H,10-13H2,1-9H3,(H,19,20). The number of amides is 1. The smallest absolute Gasteiger partial charge is 0.220 e. The molecule has 2 heteroatoms. The van der Waals surface area contributed by atoms with Gasteiger partial charge in [0, 0.05) is 13.0 Å². The fraction of sp³-hybridized carbons (Fsp3) is 0.944. The summed E-state index contributed by atoms with van der Waals surface area (Å²) in [4.78, 5) is 12.2. The Labute approximate surface area is 127 Å². The summed E-state index contributed by atoms with van der Waals surface area (Å²) < 4.78 is 0. The van der Waals surface area contributed by atoms with E-state index in [1.54, 1.807) is 0 Å². The molecule has 1 N–H and O–H groups in total. The van der Waals surface area contributed by atoms with Crippen LogP contribution in [0.15, 0.2) is 0 Å². The zero-order valence-electron chi connectivity index (χ0n) is 15.3. The first-order valence-corrected chi connectivity index (χ1v) is 7.99. The van der Waals surface area contributed by atoms with Crippen LogP contribution in [0.1, 0.15) is 81.6 Å². The second-order valence-corrected chi connectivity index (χ2v) is 9.62. The number of carbonyl (C=O) groups excluding carboxylic acids is 1. The molecule has 0 aliphatic rings. The van der Waals surface area contributed by atoms with E-state index in [4.69, 9.17) is 0 Å². The van der Waals surface area contributed by atoms with Crippen LogP contribution in [0.5, 0.6) is 0 Å². The van der Waals surface area contributed by atoms with Gasteiger partial charge in [-0.1, -0.05) is 62.3 Å². The first-order chi connectivity index (χ1) is 8.72. The van der Waals surface area contributed by atoms with E-state index in [9.17, 15) is 4.79 Å². The molecule has 20 heavy (non-hydrogen) atoms. The minimum atomic E-state index is 0.0600. The predicted octanol–water partition coefficient (Wildman–Crippen LogP) is 5.03. The fourth-order valence-electron chi connectivity index (χ4n) is 3.51. The van der Waals surface area contributed by atoms with Crippen molar-refractivity contribution in [2.45, 2.75) is 81.6 Å². The van der Waals surface area contributed by atoms with Gasteiger partial charge in [0.25, 0.3) is 0 Å². The molecule has 0 aromatic heterocycles. The summed E-state index contributed by atoms with van der Waals surface area (Å²) in [6.07, 6.45) is 2.81. The monoisotopic (exact) mass is 283 g/mol. The molecular formula is C18H37NO. The Bertz CT molecular complexity index is 308. The minimum Gasteiger partial charge on any atom is -0.356 e. The number of rotatable bonds is 7. The number of carbonyl (C=O) groups is 1. The summed E-state index contributed by atoms with van der Waals surface area (Å²) in [6.45, 7) is 20.8. The quantitative estimate of drug-likeness (QED) is 0.697. The molecule has 0 bridgehead atoms. The number of hydrogen-bond acceptors (Lipinski definition) is 1. The Morgan fingerprint density at radius 1 is 0.950 bits per heavy atom. The van der Waals surface area contributed by atoms with E-state index in [0.717, 1.165) is 19.4 Å². The summed E-state index contributed by atoms with van der Waals surface area (Å²) in [5, 5.41) is 3.13. The van der Waals surface area contributed by atoms with Crippen LogP contribution in [0, 0.1) is 22.2 Å². The highest BCUT2D eigenvalue weighted by Crippen LogP contribution is 2.35. The maximum absolute atomic E-state index is 12.2. The van der Waals surface area contributed by atoms with Crippen molar-refractivity contribution in [3.8, 4) is 0 Å². The summed E-state index contributed by atoms with van der Waals surface area (Å²) in [5.74, 6) is 0.857. The zero-order chi connectivity index (χ0) is 16.2. The molecule has 2 nitrogen and oxygen atoms in total. The highest BCUT2D eigenvalue weighted by Gasteiger charge is 2.28. The van der Waals surface area contributed by atoms with Gasteiger partial charge in [-0.3, -0.25) is 4.79 Å². The van der Waals surface area contributed by atoms with Gasteiger partial charge in [0.05, 0.1) is 0 Å². The Kier molecular flexibility index (Phi) is 6.77. The fourth-order valence-corrected chi connectivity index (χ4v) is 3.51. The molecule has 0 aromatic rings. The third kappa shape index (κ3) is 10.3. The third-order valence-electron chi connectivity index (χ3n) is 3.37. The molecular weight excluding hydrogens is 246 g/mol. The van der Waals surface area contributed by atoms with Gasteiger partial charge in [-0.15, -0.1) is 0 Å². The molecule has 0 atom stereocenters. The molecule has 0 saturated heterocycles. The molecule has 0 heterocycles. The van der Waals surface area contributed by atoms with Gasteiger partial charge in [-0.25, -0.2) is 0 Å². The maximum atomic E-state index is 12.2. The Morgan fingerprint density at radius 3 is 1.85 bits per heavy atom. The molecule has 0 radical (unpaired) electrons. The van der Waals surface area contributed by atoms with Crippen LogP contribution in [0.25, 0.3) is 0 Å². The van der Waals surface area contributed by atoms with Crippen LogP contribution in [0.2, 0.25) is 0 Å². The molecule has 0 rings (SSSR count). The second kappa shape index (κ2) is 6.95. The van der Waals surface area contributed by atoms with Crippen LogP contribution >= 0.6 is 0 Å². The molecule has 0 fully saturated rings. The van der Waals surface area contributed by atoms with Crippen molar-refractivity contribution in [2.24, 2.45) is 22.2 Å². The van der Waals surface area contributed by atoms with Gasteiger partial charge >= 0.3 is 0 Å². The molecule has 0 aliphatic carbocycles. The highest BCUT2D eigenvalue weighted by molar-refractivity contribution is 5.76. The molecule has 0 saturated carbocycles. The van der Waals surface area contributed by atoms with Crippen LogP contribution in [0.3, 0.4) is 0 Å². The summed E-state index contributed by atoms with van der Waals surface area (Å²) in [5.41, 5.74) is 0.503. The average Bonchev–Trinajstić information content (AvgIpc) is 2.07. The van der Waals surface area contributed by atoms with Crippen LogP contribution in [0.4, 0.5) is 0 Å². The normalized spacial score (nSPS) is 13.7. The lowest BCUT2D eigenvalue weighted by atomic mass is 9.74. The van der Waals surface area contributed by atoms with Crippen molar-refractivity contribution in [1.29, 1.82) is 0 Å². The van der Waals surface area contributed by atoms with Crippen molar-refractivity contribution in [3.05, 3.63) is 0 Å². The van der Waals surface area contributed by atoms with Crippen molar-refractivity contribution < 1.29 is 4.79 Å². The Balaban J connectivity index is 4.30. The molecule has 0 aromatic carbocycles. The molecule has 0 unspecified atom stereocenters. The van der Waals surface area contributed by atoms with Crippen molar-refractivity contribution in [1.82, 2.24) is 5.32 Å². The average molecular weight is 284 g/mol. The SMILES string of the molecule is CC(C)CC(C)(C)CNC(=O)CC(C)(C)CC(C)(C)C. The maximum Gasteiger partial charge on any atom is 0.220 e. The first kappa shape index (κ1) is 19.5. The molecule has 0 aliphatic heterocycles. The Morgan fingerprint density at radius 2 is 1.45 bits per heavy atom. The minimum absolute atomic E-state index is 0.0600. The Hall–Kier alpha value is -0.530. The number of nitrogens with one attached hydrogen (secondary N) is 1. The number of hydrogen-bond donors (Lipinski definition) is 1. The van der Waals surface area contributed by atoms with Crippen molar-refractivity contribution in [3.63, 3.8) is 0 Å². The van der Waals surface area contributed by atoms with Crippen molar-refractivity contribution >= 4 is 5.91 Å². The van der Waals surface area contributed by atoms with E-state index in [2.05, 4.69) is 67.6 Å². The van der Waals surface area contributed by atoms with Gasteiger partial charge in [-0.2, -0.15) is 0 Å². The van der Waals surface area contributed by atoms with Crippen LogP contribution < -0.4 is 5.32 Å². The largest absolute Gasteiger partial charge is 0.356 e. The van der Waals surface area contributed by atoms with E-state index in [1.807, 2.05) is 0 Å². The van der Waals surface area contributed by atoms with E-state index < -0.39 is 0 Å². The van der Waals surface area contributed by atoms with Gasteiger partial charge in [0.2, 0.25) is 5.91 Å². The van der Waals surface area contributed by atoms with Gasteiger partial charge in [-0.05, 0) is 35.0 Å². The summed E-state index contributed by atoms with van der Waals surface area (Å²) >= 11 is 0. The summed E-state index contributed by atoms with van der Waals surface area (Å²) in [6, 6.07) is 0. The lowest BCUT2D eigenvalue weighted by molar-refractivity contribution is -0.123. The third-order valence-corrected chi connectivity index (χ3v) is 3.37. The van der Waals surface area contributed by atoms with E-state index >= 15 is 0 Å². The van der Waals surface area contributed by atoms with Gasteiger partial charge < -0.3 is 5.32 Å². The predicted molar refractivity (Wildman–Crippen MR) is 88.7 cm³/mol. The summed E-state index contributed by atoms with van der Waals surface area (Å²) in [7, 11) is 0. The molecule has 120 valence electrons. The first-order valence-electron chi connectivity index (χ1n) is 7.99. The zero-order valence-corrected chi connectivity index (χ0v) is 15.3. The van der Waals surface area contributed by atoms with E-state index in [-0.39, 0.29) is 22.2 Å². The van der Waals surface area contributed by atoms with Crippen molar-refractivity contribution in [2.75, 3.05) is 6.54 Å². The van der Waals surface area contributed by atoms with E-state index in [0.29, 0.717) is 12.3 Å². The van der Waals surface area contributed by atoms with Gasteiger partial charge in [0.1, 0.15) is 0 Å². The molecule has 0 spiro atoms. The van der Waals surface area contributed by atoms with Crippen LogP contribution in [-0.2, 0) is 4.79 Å². The molecule has 1 amide bonds. The second-order valence-electron chi connectivity index (χ2n) is 9.62. The van der Waals surface area contributed by atoms with Gasteiger partial charge in [0.15, 0.2) is 0 Å². The van der Waals surface area contributed by atoms with Crippen LogP contribution in [-0.4, -0.2) is 12.5 Å². The highest BCUT2D eigenvalue weighted by atomic mass is 16.1.